The first kappa shape index (κ1) is 15.8. The summed E-state index contributed by atoms with van der Waals surface area (Å²) in [6.45, 7) is 9.62. The van der Waals surface area contributed by atoms with Crippen LogP contribution in [0.1, 0.15) is 43.6 Å². The Morgan fingerprint density at radius 2 is 2.11 bits per heavy atom. The van der Waals surface area contributed by atoms with E-state index in [1.807, 2.05) is 6.92 Å². The lowest BCUT2D eigenvalue weighted by Crippen LogP contribution is -2.24. The molecule has 0 saturated carbocycles. The summed E-state index contributed by atoms with van der Waals surface area (Å²) in [7, 11) is 0. The van der Waals surface area contributed by atoms with Crippen LogP contribution in [0.4, 0.5) is 0 Å². The van der Waals surface area contributed by atoms with Crippen LogP contribution in [-0.4, -0.2) is 23.2 Å². The molecule has 1 atom stereocenters. The van der Waals surface area contributed by atoms with E-state index in [9.17, 15) is 4.79 Å². The predicted molar refractivity (Wildman–Crippen MR) is 77.1 cm³/mol. The molecule has 4 heteroatoms. The van der Waals surface area contributed by atoms with Crippen molar-refractivity contribution in [3.63, 3.8) is 0 Å². The van der Waals surface area contributed by atoms with Crippen LogP contribution in [0, 0.1) is 13.8 Å². The van der Waals surface area contributed by atoms with Gasteiger partial charge in [0.05, 0.1) is 6.61 Å². The standard InChI is InChI=1S/C15H26N2O2/c1-5-17-11(3)9-13(12(17)4)10-14(16)7-8-15(18)19-6-2/h9,14H,5-8,10,16H2,1-4H3. The number of hydrogen-bond donors (Lipinski definition) is 1. The number of aryl methyl sites for hydroxylation is 1. The van der Waals surface area contributed by atoms with Crippen molar-refractivity contribution >= 4 is 5.97 Å². The Bertz CT molecular complexity index is 424. The first-order valence-corrected chi connectivity index (χ1v) is 7.06. The van der Waals surface area contributed by atoms with Crippen molar-refractivity contribution in [2.75, 3.05) is 6.61 Å². The molecule has 0 amide bonds. The van der Waals surface area contributed by atoms with Crippen LogP contribution >= 0.6 is 0 Å². The molecule has 0 fully saturated rings. The lowest BCUT2D eigenvalue weighted by atomic mass is 10.0. The number of aromatic nitrogens is 1. The van der Waals surface area contributed by atoms with E-state index in [4.69, 9.17) is 10.5 Å². The molecule has 0 saturated heterocycles. The van der Waals surface area contributed by atoms with Crippen LogP contribution in [0.25, 0.3) is 0 Å². The third-order valence-electron chi connectivity index (χ3n) is 3.50. The van der Waals surface area contributed by atoms with Crippen LogP contribution in [-0.2, 0) is 22.5 Å². The Morgan fingerprint density at radius 3 is 2.63 bits per heavy atom. The van der Waals surface area contributed by atoms with Crippen LogP contribution in [0.5, 0.6) is 0 Å². The summed E-state index contributed by atoms with van der Waals surface area (Å²) in [4.78, 5) is 11.3. The number of ether oxygens (including phenoxy) is 1. The summed E-state index contributed by atoms with van der Waals surface area (Å²) in [6, 6.07) is 2.21. The highest BCUT2D eigenvalue weighted by Gasteiger charge is 2.13. The summed E-state index contributed by atoms with van der Waals surface area (Å²) < 4.78 is 7.19. The number of nitrogens with zero attached hydrogens (tertiary/aromatic N) is 1. The highest BCUT2D eigenvalue weighted by Crippen LogP contribution is 2.17. The smallest absolute Gasteiger partial charge is 0.305 e. The average molecular weight is 266 g/mol. The molecule has 108 valence electrons. The van der Waals surface area contributed by atoms with E-state index in [0.717, 1.165) is 13.0 Å². The number of nitrogens with two attached hydrogens (primary N) is 1. The van der Waals surface area contributed by atoms with Crippen molar-refractivity contribution in [1.82, 2.24) is 4.57 Å². The highest BCUT2D eigenvalue weighted by molar-refractivity contribution is 5.69. The number of hydrogen-bond acceptors (Lipinski definition) is 3. The Kier molecular flexibility index (Phi) is 6.09. The summed E-state index contributed by atoms with van der Waals surface area (Å²) in [6.07, 6.45) is 1.90. The Labute approximate surface area is 115 Å². The zero-order chi connectivity index (χ0) is 14.4. The van der Waals surface area contributed by atoms with Gasteiger partial charge in [0, 0.05) is 30.4 Å². The van der Waals surface area contributed by atoms with Crippen LogP contribution in [0.15, 0.2) is 6.07 Å². The van der Waals surface area contributed by atoms with E-state index < -0.39 is 0 Å². The van der Waals surface area contributed by atoms with E-state index in [2.05, 4.69) is 31.4 Å². The normalized spacial score (nSPS) is 12.5. The number of carbonyl (C=O) groups excluding carboxylic acids is 1. The molecule has 1 rings (SSSR count). The molecule has 0 radical (unpaired) electrons. The summed E-state index contributed by atoms with van der Waals surface area (Å²) in [5.74, 6) is -0.156. The second-order valence-electron chi connectivity index (χ2n) is 4.95. The van der Waals surface area contributed by atoms with Crippen LogP contribution in [0.2, 0.25) is 0 Å². The second kappa shape index (κ2) is 7.34. The quantitative estimate of drug-likeness (QED) is 0.771. The van der Waals surface area contributed by atoms with E-state index >= 15 is 0 Å². The van der Waals surface area contributed by atoms with Crippen molar-refractivity contribution in [3.8, 4) is 0 Å². The average Bonchev–Trinajstić information content (AvgIpc) is 2.62. The van der Waals surface area contributed by atoms with Gasteiger partial charge in [-0.1, -0.05) is 0 Å². The Hall–Kier alpha value is -1.29. The van der Waals surface area contributed by atoms with Gasteiger partial charge in [0.2, 0.25) is 0 Å². The zero-order valence-electron chi connectivity index (χ0n) is 12.5. The Morgan fingerprint density at radius 1 is 1.42 bits per heavy atom. The summed E-state index contributed by atoms with van der Waals surface area (Å²) >= 11 is 0. The molecule has 2 N–H and O–H groups in total. The second-order valence-corrected chi connectivity index (χ2v) is 4.95. The molecule has 4 nitrogen and oxygen atoms in total. The van der Waals surface area contributed by atoms with Gasteiger partial charge in [0.15, 0.2) is 0 Å². The van der Waals surface area contributed by atoms with Gasteiger partial charge >= 0.3 is 5.97 Å². The molecule has 19 heavy (non-hydrogen) atoms. The van der Waals surface area contributed by atoms with Crippen molar-refractivity contribution in [2.45, 2.75) is 59.5 Å². The maximum atomic E-state index is 11.3. The monoisotopic (exact) mass is 266 g/mol. The van der Waals surface area contributed by atoms with Gasteiger partial charge in [0.25, 0.3) is 0 Å². The molecule has 0 aliphatic rings. The van der Waals surface area contributed by atoms with Gasteiger partial charge in [-0.15, -0.1) is 0 Å². The van der Waals surface area contributed by atoms with Crippen molar-refractivity contribution in [3.05, 3.63) is 23.0 Å². The first-order valence-electron chi connectivity index (χ1n) is 7.06. The fourth-order valence-corrected chi connectivity index (χ4v) is 2.49. The highest BCUT2D eigenvalue weighted by atomic mass is 16.5. The number of carbonyl (C=O) groups is 1. The topological polar surface area (TPSA) is 57.2 Å². The van der Waals surface area contributed by atoms with E-state index in [1.165, 1.54) is 17.0 Å². The van der Waals surface area contributed by atoms with Crippen molar-refractivity contribution < 1.29 is 9.53 Å². The minimum atomic E-state index is -0.156. The van der Waals surface area contributed by atoms with Gasteiger partial charge in [-0.25, -0.2) is 0 Å². The lowest BCUT2D eigenvalue weighted by molar-refractivity contribution is -0.143. The van der Waals surface area contributed by atoms with Gasteiger partial charge in [-0.2, -0.15) is 0 Å². The van der Waals surface area contributed by atoms with Crippen molar-refractivity contribution in [2.24, 2.45) is 5.73 Å². The molecule has 0 aromatic carbocycles. The Balaban J connectivity index is 2.53. The van der Waals surface area contributed by atoms with Crippen LogP contribution < -0.4 is 5.73 Å². The summed E-state index contributed by atoms with van der Waals surface area (Å²) in [5.41, 5.74) is 9.95. The van der Waals surface area contributed by atoms with E-state index in [0.29, 0.717) is 19.4 Å². The number of rotatable bonds is 7. The third-order valence-corrected chi connectivity index (χ3v) is 3.50. The van der Waals surface area contributed by atoms with Gasteiger partial charge < -0.3 is 15.0 Å². The van der Waals surface area contributed by atoms with Gasteiger partial charge in [-0.05, 0) is 52.2 Å². The minimum Gasteiger partial charge on any atom is -0.466 e. The lowest BCUT2D eigenvalue weighted by Gasteiger charge is -2.11. The molecular weight excluding hydrogens is 240 g/mol. The molecular formula is C15H26N2O2. The maximum absolute atomic E-state index is 11.3. The fourth-order valence-electron chi connectivity index (χ4n) is 2.49. The predicted octanol–water partition coefficient (Wildman–Crippen LogP) is 2.34. The molecule has 0 aliphatic carbocycles. The molecule has 1 aromatic heterocycles. The van der Waals surface area contributed by atoms with Gasteiger partial charge in [-0.3, -0.25) is 4.79 Å². The van der Waals surface area contributed by atoms with E-state index in [-0.39, 0.29) is 12.0 Å². The molecule has 1 heterocycles. The summed E-state index contributed by atoms with van der Waals surface area (Å²) in [5, 5.41) is 0. The molecule has 1 unspecified atom stereocenters. The molecule has 0 bridgehead atoms. The SMILES string of the molecule is CCOC(=O)CCC(N)Cc1cc(C)n(CC)c1C. The zero-order valence-corrected chi connectivity index (χ0v) is 12.5. The largest absolute Gasteiger partial charge is 0.466 e. The van der Waals surface area contributed by atoms with Gasteiger partial charge in [0.1, 0.15) is 0 Å². The third kappa shape index (κ3) is 4.39. The van der Waals surface area contributed by atoms with E-state index in [1.54, 1.807) is 0 Å². The molecule has 0 spiro atoms. The minimum absolute atomic E-state index is 0.00946. The molecule has 0 aliphatic heterocycles. The van der Waals surface area contributed by atoms with Crippen LogP contribution in [0.3, 0.4) is 0 Å². The maximum Gasteiger partial charge on any atom is 0.305 e. The van der Waals surface area contributed by atoms with Crippen molar-refractivity contribution in [1.29, 1.82) is 0 Å². The first-order chi connectivity index (χ1) is 8.99. The fraction of sp³-hybridized carbons (Fsp3) is 0.667. The molecule has 1 aromatic rings. The number of esters is 1.